The van der Waals surface area contributed by atoms with Crippen molar-refractivity contribution >= 4 is 5.69 Å². The molecule has 100 valence electrons. The lowest BCUT2D eigenvalue weighted by molar-refractivity contribution is -0.0493. The molecule has 0 aliphatic heterocycles. The summed E-state index contributed by atoms with van der Waals surface area (Å²) in [5.41, 5.74) is 2.42. The van der Waals surface area contributed by atoms with Crippen molar-refractivity contribution in [1.82, 2.24) is 4.98 Å². The zero-order valence-corrected chi connectivity index (χ0v) is 10.4. The third kappa shape index (κ3) is 3.91. The maximum atomic E-state index is 12.2. The highest BCUT2D eigenvalue weighted by Gasteiger charge is 2.08. The Balaban J connectivity index is 2.04. The zero-order chi connectivity index (χ0) is 13.7. The van der Waals surface area contributed by atoms with E-state index in [1.807, 2.05) is 19.1 Å². The Morgan fingerprint density at radius 3 is 2.68 bits per heavy atom. The molecule has 0 aliphatic rings. The topological polar surface area (TPSA) is 34.1 Å². The average Bonchev–Trinajstić information content (AvgIpc) is 2.39. The van der Waals surface area contributed by atoms with Gasteiger partial charge in [0, 0.05) is 6.20 Å². The van der Waals surface area contributed by atoms with E-state index >= 15 is 0 Å². The molecule has 1 aromatic heterocycles. The standard InChI is InChI=1S/C14H14F2N2O/c1-10-6-7-11(17-8-10)9-18-12-4-2-3-5-13(12)19-14(15)16/h2-8,14,18H,9H2,1H3. The monoisotopic (exact) mass is 264 g/mol. The maximum absolute atomic E-state index is 12.2. The molecule has 0 spiro atoms. The fourth-order valence-electron chi connectivity index (χ4n) is 1.60. The molecule has 0 aliphatic carbocycles. The van der Waals surface area contributed by atoms with Gasteiger partial charge in [0.15, 0.2) is 0 Å². The van der Waals surface area contributed by atoms with Gasteiger partial charge in [0.1, 0.15) is 5.75 Å². The summed E-state index contributed by atoms with van der Waals surface area (Å²) >= 11 is 0. The molecular formula is C14H14F2N2O. The van der Waals surface area contributed by atoms with Crippen molar-refractivity contribution in [2.75, 3.05) is 5.32 Å². The molecule has 1 aromatic carbocycles. The highest BCUT2D eigenvalue weighted by Crippen LogP contribution is 2.25. The average molecular weight is 264 g/mol. The van der Waals surface area contributed by atoms with Crippen LogP contribution >= 0.6 is 0 Å². The number of benzene rings is 1. The van der Waals surface area contributed by atoms with Crippen LogP contribution in [0.4, 0.5) is 14.5 Å². The fourth-order valence-corrected chi connectivity index (χ4v) is 1.60. The van der Waals surface area contributed by atoms with Crippen molar-refractivity contribution < 1.29 is 13.5 Å². The number of hydrogen-bond acceptors (Lipinski definition) is 3. The lowest BCUT2D eigenvalue weighted by Gasteiger charge is -2.12. The van der Waals surface area contributed by atoms with Crippen LogP contribution in [0.25, 0.3) is 0 Å². The Hall–Kier alpha value is -2.17. The molecule has 0 amide bonds. The molecule has 3 nitrogen and oxygen atoms in total. The van der Waals surface area contributed by atoms with Crippen molar-refractivity contribution in [1.29, 1.82) is 0 Å². The summed E-state index contributed by atoms with van der Waals surface area (Å²) < 4.78 is 28.9. The van der Waals surface area contributed by atoms with Crippen LogP contribution in [-0.2, 0) is 6.54 Å². The number of halogens is 2. The molecule has 2 rings (SSSR count). The first kappa shape index (κ1) is 13.3. The second kappa shape index (κ2) is 6.13. The molecule has 0 bridgehead atoms. The molecular weight excluding hydrogens is 250 g/mol. The van der Waals surface area contributed by atoms with Gasteiger partial charge in [-0.2, -0.15) is 8.78 Å². The molecule has 2 aromatic rings. The highest BCUT2D eigenvalue weighted by molar-refractivity contribution is 5.56. The number of pyridine rings is 1. The molecule has 1 N–H and O–H groups in total. The molecule has 0 atom stereocenters. The Morgan fingerprint density at radius 2 is 2.00 bits per heavy atom. The molecule has 0 saturated heterocycles. The van der Waals surface area contributed by atoms with Crippen LogP contribution in [0.15, 0.2) is 42.6 Å². The second-order valence-corrected chi connectivity index (χ2v) is 4.06. The molecule has 0 radical (unpaired) electrons. The van der Waals surface area contributed by atoms with E-state index in [9.17, 15) is 8.78 Å². The van der Waals surface area contributed by atoms with Crippen LogP contribution in [-0.4, -0.2) is 11.6 Å². The van der Waals surface area contributed by atoms with Gasteiger partial charge in [0.2, 0.25) is 0 Å². The van der Waals surface area contributed by atoms with E-state index in [4.69, 9.17) is 0 Å². The van der Waals surface area contributed by atoms with E-state index in [2.05, 4.69) is 15.0 Å². The number of rotatable bonds is 5. The van der Waals surface area contributed by atoms with Crippen LogP contribution in [0.5, 0.6) is 5.75 Å². The summed E-state index contributed by atoms with van der Waals surface area (Å²) in [6.07, 6.45) is 1.76. The molecule has 19 heavy (non-hydrogen) atoms. The second-order valence-electron chi connectivity index (χ2n) is 4.06. The first-order valence-corrected chi connectivity index (χ1v) is 5.84. The summed E-state index contributed by atoms with van der Waals surface area (Å²) in [7, 11) is 0. The van der Waals surface area contributed by atoms with Gasteiger partial charge in [0.25, 0.3) is 0 Å². The SMILES string of the molecule is Cc1ccc(CNc2ccccc2OC(F)F)nc1. The van der Waals surface area contributed by atoms with Crippen LogP contribution in [0, 0.1) is 6.92 Å². The van der Waals surface area contributed by atoms with Crippen LogP contribution in [0.1, 0.15) is 11.3 Å². The minimum Gasteiger partial charge on any atom is -0.433 e. The van der Waals surface area contributed by atoms with Gasteiger partial charge in [-0.15, -0.1) is 0 Å². The highest BCUT2D eigenvalue weighted by atomic mass is 19.3. The third-order valence-corrected chi connectivity index (χ3v) is 2.54. The lowest BCUT2D eigenvalue weighted by Crippen LogP contribution is -2.07. The minimum atomic E-state index is -2.83. The van der Waals surface area contributed by atoms with Gasteiger partial charge in [-0.25, -0.2) is 0 Å². The largest absolute Gasteiger partial charge is 0.433 e. The predicted octanol–water partition coefficient (Wildman–Crippen LogP) is 3.60. The number of alkyl halides is 2. The van der Waals surface area contributed by atoms with E-state index in [-0.39, 0.29) is 5.75 Å². The van der Waals surface area contributed by atoms with Crippen molar-refractivity contribution in [2.45, 2.75) is 20.1 Å². The molecule has 0 unspecified atom stereocenters. The van der Waals surface area contributed by atoms with Crippen molar-refractivity contribution in [3.8, 4) is 5.75 Å². The summed E-state index contributed by atoms with van der Waals surface area (Å²) in [4.78, 5) is 4.23. The normalized spacial score (nSPS) is 10.5. The first-order valence-electron chi connectivity index (χ1n) is 5.84. The molecule has 1 heterocycles. The van der Waals surface area contributed by atoms with Crippen molar-refractivity contribution in [3.05, 3.63) is 53.9 Å². The molecule has 5 heteroatoms. The van der Waals surface area contributed by atoms with Gasteiger partial charge >= 0.3 is 6.61 Å². The van der Waals surface area contributed by atoms with Gasteiger partial charge in [-0.05, 0) is 30.7 Å². The van der Waals surface area contributed by atoms with E-state index in [0.717, 1.165) is 11.3 Å². The first-order chi connectivity index (χ1) is 9.15. The summed E-state index contributed by atoms with van der Waals surface area (Å²) in [6, 6.07) is 10.4. The number of aromatic nitrogens is 1. The van der Waals surface area contributed by atoms with Crippen LogP contribution < -0.4 is 10.1 Å². The van der Waals surface area contributed by atoms with E-state index in [0.29, 0.717) is 12.2 Å². The zero-order valence-electron chi connectivity index (χ0n) is 10.4. The number of aryl methyl sites for hydroxylation is 1. The molecule has 0 saturated carbocycles. The number of nitrogens with zero attached hydrogens (tertiary/aromatic N) is 1. The number of para-hydroxylation sites is 2. The Kier molecular flexibility index (Phi) is 4.28. The van der Waals surface area contributed by atoms with Crippen molar-refractivity contribution in [3.63, 3.8) is 0 Å². The minimum absolute atomic E-state index is 0.129. The van der Waals surface area contributed by atoms with E-state index in [1.54, 1.807) is 24.4 Å². The van der Waals surface area contributed by atoms with Gasteiger partial charge < -0.3 is 10.1 Å². The van der Waals surface area contributed by atoms with Gasteiger partial charge in [-0.1, -0.05) is 18.2 Å². The number of anilines is 1. The Morgan fingerprint density at radius 1 is 1.21 bits per heavy atom. The van der Waals surface area contributed by atoms with E-state index < -0.39 is 6.61 Å². The Bertz CT molecular complexity index is 529. The van der Waals surface area contributed by atoms with Crippen molar-refractivity contribution in [2.24, 2.45) is 0 Å². The number of hydrogen-bond donors (Lipinski definition) is 1. The fraction of sp³-hybridized carbons (Fsp3) is 0.214. The quantitative estimate of drug-likeness (QED) is 0.895. The van der Waals surface area contributed by atoms with Gasteiger partial charge in [0.05, 0.1) is 17.9 Å². The maximum Gasteiger partial charge on any atom is 0.387 e. The predicted molar refractivity (Wildman–Crippen MR) is 69.4 cm³/mol. The number of ether oxygens (including phenoxy) is 1. The lowest BCUT2D eigenvalue weighted by atomic mass is 10.2. The molecule has 0 fully saturated rings. The Labute approximate surface area is 110 Å². The third-order valence-electron chi connectivity index (χ3n) is 2.54. The summed E-state index contributed by atoms with van der Waals surface area (Å²) in [6.45, 7) is -0.430. The summed E-state index contributed by atoms with van der Waals surface area (Å²) in [5, 5.41) is 3.03. The van der Waals surface area contributed by atoms with Crippen LogP contribution in [0.3, 0.4) is 0 Å². The smallest absolute Gasteiger partial charge is 0.387 e. The van der Waals surface area contributed by atoms with Crippen LogP contribution in [0.2, 0.25) is 0 Å². The summed E-state index contributed by atoms with van der Waals surface area (Å²) in [5.74, 6) is 0.129. The van der Waals surface area contributed by atoms with E-state index in [1.165, 1.54) is 6.07 Å². The van der Waals surface area contributed by atoms with Gasteiger partial charge in [-0.3, -0.25) is 4.98 Å². The number of nitrogens with one attached hydrogen (secondary N) is 1.